The number of thiazole rings is 1. The molecule has 0 spiro atoms. The number of aromatic nitrogens is 1. The van der Waals surface area contributed by atoms with Crippen molar-refractivity contribution < 1.29 is 23.1 Å². The number of aryl methyl sites for hydroxylation is 1. The van der Waals surface area contributed by atoms with Gasteiger partial charge in [0.2, 0.25) is 0 Å². The number of halogens is 5. The molecule has 0 aliphatic heterocycles. The number of hydrogen-bond acceptors (Lipinski definition) is 4. The summed E-state index contributed by atoms with van der Waals surface area (Å²) in [5.74, 6) is -0.308. The first-order chi connectivity index (χ1) is 14.5. The first-order valence-electron chi connectivity index (χ1n) is 9.36. The molecular weight excluding hydrogens is 470 g/mol. The van der Waals surface area contributed by atoms with E-state index in [1.165, 1.54) is 29.5 Å². The fourth-order valence-corrected chi connectivity index (χ4v) is 4.61. The molecule has 0 unspecified atom stereocenters. The van der Waals surface area contributed by atoms with Crippen molar-refractivity contribution in [2.24, 2.45) is 0 Å². The van der Waals surface area contributed by atoms with Crippen molar-refractivity contribution in [3.8, 4) is 16.3 Å². The lowest BCUT2D eigenvalue weighted by atomic mass is 10.0. The number of ketones is 1. The van der Waals surface area contributed by atoms with Crippen molar-refractivity contribution in [1.82, 2.24) is 4.98 Å². The van der Waals surface area contributed by atoms with Gasteiger partial charge in [-0.1, -0.05) is 55.2 Å². The van der Waals surface area contributed by atoms with Gasteiger partial charge in [0.05, 0.1) is 21.2 Å². The van der Waals surface area contributed by atoms with Gasteiger partial charge in [-0.3, -0.25) is 4.79 Å². The third kappa shape index (κ3) is 5.22. The normalized spacial score (nSPS) is 11.9. The van der Waals surface area contributed by atoms with Gasteiger partial charge in [0, 0.05) is 12.0 Å². The Morgan fingerprint density at radius 3 is 2.32 bits per heavy atom. The van der Waals surface area contributed by atoms with Crippen molar-refractivity contribution in [3.63, 3.8) is 0 Å². The molecule has 164 valence electrons. The van der Waals surface area contributed by atoms with Gasteiger partial charge in [0.1, 0.15) is 15.8 Å². The van der Waals surface area contributed by atoms with Crippen LogP contribution in [0.1, 0.15) is 52.7 Å². The molecule has 0 aliphatic carbocycles. The molecule has 0 amide bonds. The number of phenols is 1. The van der Waals surface area contributed by atoms with Crippen molar-refractivity contribution >= 4 is 40.3 Å². The smallest absolute Gasteiger partial charge is 0.416 e. The van der Waals surface area contributed by atoms with Crippen LogP contribution in [-0.4, -0.2) is 15.9 Å². The summed E-state index contributed by atoms with van der Waals surface area (Å²) in [6.07, 6.45) is -3.94. The number of carbonyl (C=O) groups excluding carboxylic acids is 1. The highest BCUT2D eigenvalue weighted by Crippen LogP contribution is 2.37. The minimum absolute atomic E-state index is 0.0369. The summed E-state index contributed by atoms with van der Waals surface area (Å²) in [7, 11) is 0. The van der Waals surface area contributed by atoms with Gasteiger partial charge in [0.25, 0.3) is 0 Å². The summed E-state index contributed by atoms with van der Waals surface area (Å²) in [5.41, 5.74) is 1.03. The van der Waals surface area contributed by atoms with Crippen LogP contribution in [0.3, 0.4) is 0 Å². The minimum Gasteiger partial charge on any atom is -0.506 e. The molecule has 31 heavy (non-hydrogen) atoms. The summed E-state index contributed by atoms with van der Waals surface area (Å²) in [6.45, 7) is 3.80. The zero-order chi connectivity index (χ0) is 22.9. The van der Waals surface area contributed by atoms with Crippen LogP contribution in [0.4, 0.5) is 13.2 Å². The lowest BCUT2D eigenvalue weighted by Crippen LogP contribution is -2.04. The van der Waals surface area contributed by atoms with Crippen LogP contribution in [0.5, 0.6) is 5.75 Å². The van der Waals surface area contributed by atoms with Crippen LogP contribution >= 0.6 is 34.5 Å². The number of hydrogen-bond donors (Lipinski definition) is 1. The minimum atomic E-state index is -4.41. The van der Waals surface area contributed by atoms with Crippen LogP contribution in [0.25, 0.3) is 10.6 Å². The quantitative estimate of drug-likeness (QED) is 0.361. The number of alkyl halides is 3. The van der Waals surface area contributed by atoms with Crippen molar-refractivity contribution in [2.75, 3.05) is 0 Å². The van der Waals surface area contributed by atoms with Gasteiger partial charge in [-0.15, -0.1) is 11.3 Å². The van der Waals surface area contributed by atoms with Gasteiger partial charge < -0.3 is 5.11 Å². The van der Waals surface area contributed by atoms with Crippen molar-refractivity contribution in [1.29, 1.82) is 0 Å². The van der Waals surface area contributed by atoms with E-state index >= 15 is 0 Å². The molecular formula is C22H18Cl2F3NO2S. The lowest BCUT2D eigenvalue weighted by Gasteiger charge is -2.08. The molecule has 0 fully saturated rings. The first kappa shape index (κ1) is 23.6. The second-order valence-corrected chi connectivity index (χ2v) is 9.01. The Balaban J connectivity index is 1.85. The maximum Gasteiger partial charge on any atom is 0.416 e. The third-order valence-corrected chi connectivity index (χ3v) is 6.75. The maximum atomic E-state index is 12.9. The number of carbonyl (C=O) groups is 1. The molecule has 2 aromatic carbocycles. The van der Waals surface area contributed by atoms with E-state index in [2.05, 4.69) is 4.98 Å². The summed E-state index contributed by atoms with van der Waals surface area (Å²) < 4.78 is 38.4. The second kappa shape index (κ2) is 9.18. The monoisotopic (exact) mass is 487 g/mol. The Labute approximate surface area is 191 Å². The number of benzene rings is 2. The van der Waals surface area contributed by atoms with E-state index in [4.69, 9.17) is 23.2 Å². The molecule has 0 aliphatic rings. The Morgan fingerprint density at radius 1 is 1.10 bits per heavy atom. The van der Waals surface area contributed by atoms with Gasteiger partial charge in [-0.25, -0.2) is 4.98 Å². The van der Waals surface area contributed by atoms with Crippen LogP contribution < -0.4 is 0 Å². The standard InChI is InChI=1S/C22H18Cl2F3NO2S/c1-11(2)19-20(16(30)10-6-12-5-9-15(29)18(24)17(12)23)31-21(28-19)13-3-7-14(8-4-13)22(25,26)27/h3-5,7-9,11,29H,6,10H2,1-2H3. The van der Waals surface area contributed by atoms with E-state index in [0.717, 1.165) is 12.1 Å². The Bertz CT molecular complexity index is 1110. The van der Waals surface area contributed by atoms with Crippen LogP contribution in [-0.2, 0) is 12.6 Å². The van der Waals surface area contributed by atoms with Gasteiger partial charge >= 0.3 is 6.18 Å². The Morgan fingerprint density at radius 2 is 1.74 bits per heavy atom. The van der Waals surface area contributed by atoms with Crippen LogP contribution in [0, 0.1) is 0 Å². The summed E-state index contributed by atoms with van der Waals surface area (Å²) in [4.78, 5) is 17.9. The number of rotatable bonds is 6. The number of Topliss-reactive ketones (excluding diaryl/α,β-unsaturated/α-hetero) is 1. The highest BCUT2D eigenvalue weighted by atomic mass is 35.5. The first-order valence-corrected chi connectivity index (χ1v) is 10.9. The average molecular weight is 488 g/mol. The fourth-order valence-electron chi connectivity index (χ4n) is 2.98. The largest absolute Gasteiger partial charge is 0.506 e. The number of nitrogens with zero attached hydrogens (tertiary/aromatic N) is 1. The molecule has 0 saturated heterocycles. The predicted molar refractivity (Wildman–Crippen MR) is 117 cm³/mol. The zero-order valence-electron chi connectivity index (χ0n) is 16.6. The maximum absolute atomic E-state index is 12.9. The number of aromatic hydroxyl groups is 1. The zero-order valence-corrected chi connectivity index (χ0v) is 18.9. The van der Waals surface area contributed by atoms with Gasteiger partial charge in [-0.05, 0) is 36.1 Å². The summed E-state index contributed by atoms with van der Waals surface area (Å²) in [6, 6.07) is 7.76. The van der Waals surface area contributed by atoms with Crippen molar-refractivity contribution in [3.05, 3.63) is 68.1 Å². The Kier molecular flexibility index (Phi) is 6.98. The van der Waals surface area contributed by atoms with E-state index in [9.17, 15) is 23.1 Å². The van der Waals surface area contributed by atoms with Gasteiger partial charge in [0.15, 0.2) is 5.78 Å². The highest BCUT2D eigenvalue weighted by Gasteiger charge is 2.30. The molecule has 3 nitrogen and oxygen atoms in total. The molecule has 3 aromatic rings. The molecule has 1 aromatic heterocycles. The average Bonchev–Trinajstić information content (AvgIpc) is 3.17. The van der Waals surface area contributed by atoms with E-state index in [1.54, 1.807) is 6.07 Å². The lowest BCUT2D eigenvalue weighted by molar-refractivity contribution is -0.137. The molecule has 3 rings (SSSR count). The predicted octanol–water partition coefficient (Wildman–Crippen LogP) is 7.78. The summed E-state index contributed by atoms with van der Waals surface area (Å²) >= 11 is 13.3. The third-order valence-electron chi connectivity index (χ3n) is 4.68. The van der Waals surface area contributed by atoms with Gasteiger partial charge in [-0.2, -0.15) is 13.2 Å². The van der Waals surface area contributed by atoms with E-state index in [-0.39, 0.29) is 33.9 Å². The molecule has 1 N–H and O–H groups in total. The number of phenolic OH excluding ortho intramolecular Hbond substituents is 1. The molecule has 9 heteroatoms. The fraction of sp³-hybridized carbons (Fsp3) is 0.273. The molecule has 1 heterocycles. The summed E-state index contributed by atoms with van der Waals surface area (Å²) in [5, 5.41) is 10.3. The van der Waals surface area contributed by atoms with Crippen LogP contribution in [0.2, 0.25) is 10.0 Å². The van der Waals surface area contributed by atoms with E-state index in [0.29, 0.717) is 33.1 Å². The molecule has 0 saturated carbocycles. The van der Waals surface area contributed by atoms with Crippen LogP contribution in [0.15, 0.2) is 36.4 Å². The molecule has 0 atom stereocenters. The molecule has 0 bridgehead atoms. The second-order valence-electron chi connectivity index (χ2n) is 7.26. The van der Waals surface area contributed by atoms with Crippen molar-refractivity contribution in [2.45, 2.75) is 38.8 Å². The topological polar surface area (TPSA) is 50.2 Å². The Hall–Kier alpha value is -2.09. The highest BCUT2D eigenvalue weighted by molar-refractivity contribution is 7.17. The molecule has 0 radical (unpaired) electrons. The van der Waals surface area contributed by atoms with E-state index < -0.39 is 11.7 Å². The van der Waals surface area contributed by atoms with E-state index in [1.807, 2.05) is 13.8 Å². The SMILES string of the molecule is CC(C)c1nc(-c2ccc(C(F)(F)F)cc2)sc1C(=O)CCc1ccc(O)c(Cl)c1Cl.